The van der Waals surface area contributed by atoms with Crippen molar-refractivity contribution in [1.29, 1.82) is 0 Å². The lowest BCUT2D eigenvalue weighted by Crippen LogP contribution is -2.30. The molecular formula is C11H20O. The molecule has 1 heterocycles. The summed E-state index contributed by atoms with van der Waals surface area (Å²) in [7, 11) is 0. The van der Waals surface area contributed by atoms with Gasteiger partial charge < -0.3 is 4.74 Å². The third-order valence-corrected chi connectivity index (χ3v) is 3.71. The fraction of sp³-hybridized carbons (Fsp3) is 1.00. The van der Waals surface area contributed by atoms with Gasteiger partial charge in [0.2, 0.25) is 0 Å². The average Bonchev–Trinajstić information content (AvgIpc) is 2.58. The molecule has 0 aromatic rings. The molecule has 1 saturated heterocycles. The molecule has 2 atom stereocenters. The summed E-state index contributed by atoms with van der Waals surface area (Å²) in [6.45, 7) is 3.31. The second-order valence-electron chi connectivity index (χ2n) is 4.39. The first-order valence-electron chi connectivity index (χ1n) is 5.51. The lowest BCUT2D eigenvalue weighted by molar-refractivity contribution is -0.0167. The molecule has 1 saturated carbocycles. The summed E-state index contributed by atoms with van der Waals surface area (Å²) >= 11 is 0. The van der Waals surface area contributed by atoms with Crippen LogP contribution >= 0.6 is 0 Å². The molecule has 2 rings (SSSR count). The van der Waals surface area contributed by atoms with Gasteiger partial charge in [-0.15, -0.1) is 0 Å². The number of ether oxygens (including phenoxy) is 1. The zero-order valence-corrected chi connectivity index (χ0v) is 8.14. The minimum absolute atomic E-state index is 0.357. The van der Waals surface area contributed by atoms with Crippen LogP contribution in [0.25, 0.3) is 0 Å². The Morgan fingerprint density at radius 3 is 3.17 bits per heavy atom. The van der Waals surface area contributed by atoms with Crippen molar-refractivity contribution in [1.82, 2.24) is 0 Å². The number of rotatable bonds is 3. The fourth-order valence-electron chi connectivity index (χ4n) is 2.99. The molecule has 12 heavy (non-hydrogen) atoms. The monoisotopic (exact) mass is 168 g/mol. The largest absolute Gasteiger partial charge is 0.375 e. The van der Waals surface area contributed by atoms with Crippen LogP contribution in [0.1, 0.15) is 51.9 Å². The summed E-state index contributed by atoms with van der Waals surface area (Å²) in [5, 5.41) is 0. The molecule has 70 valence electrons. The molecule has 0 aromatic heterocycles. The Morgan fingerprint density at radius 2 is 2.33 bits per heavy atom. The molecule has 1 aliphatic carbocycles. The van der Waals surface area contributed by atoms with Gasteiger partial charge in [-0.25, -0.2) is 0 Å². The zero-order valence-electron chi connectivity index (χ0n) is 8.14. The van der Waals surface area contributed by atoms with Crippen LogP contribution in [-0.4, -0.2) is 12.2 Å². The first-order valence-corrected chi connectivity index (χ1v) is 5.51. The maximum atomic E-state index is 5.97. The van der Waals surface area contributed by atoms with Crippen molar-refractivity contribution in [3.63, 3.8) is 0 Å². The summed E-state index contributed by atoms with van der Waals surface area (Å²) in [6.07, 6.45) is 9.53. The Labute approximate surface area is 75.5 Å². The summed E-state index contributed by atoms with van der Waals surface area (Å²) < 4.78 is 5.97. The third-order valence-electron chi connectivity index (χ3n) is 3.71. The molecule has 0 amide bonds. The van der Waals surface area contributed by atoms with Gasteiger partial charge in [-0.1, -0.05) is 26.2 Å². The van der Waals surface area contributed by atoms with Gasteiger partial charge in [0.15, 0.2) is 0 Å². The van der Waals surface area contributed by atoms with E-state index in [4.69, 9.17) is 4.74 Å². The summed E-state index contributed by atoms with van der Waals surface area (Å²) in [6, 6.07) is 0. The highest BCUT2D eigenvalue weighted by Gasteiger charge is 2.46. The molecule has 1 aliphatic heterocycles. The van der Waals surface area contributed by atoms with Crippen molar-refractivity contribution < 1.29 is 4.74 Å². The van der Waals surface area contributed by atoms with Crippen molar-refractivity contribution in [2.45, 2.75) is 57.5 Å². The van der Waals surface area contributed by atoms with E-state index < -0.39 is 0 Å². The number of fused-ring (bicyclic) bond motifs is 1. The first kappa shape index (κ1) is 8.55. The highest BCUT2D eigenvalue weighted by Crippen LogP contribution is 2.48. The third kappa shape index (κ3) is 1.28. The van der Waals surface area contributed by atoms with Crippen LogP contribution in [0, 0.1) is 5.92 Å². The van der Waals surface area contributed by atoms with Gasteiger partial charge >= 0.3 is 0 Å². The Kier molecular flexibility index (Phi) is 2.40. The zero-order chi connectivity index (χ0) is 8.44. The second-order valence-corrected chi connectivity index (χ2v) is 4.39. The average molecular weight is 168 g/mol. The lowest BCUT2D eigenvalue weighted by Gasteiger charge is -2.28. The van der Waals surface area contributed by atoms with Crippen molar-refractivity contribution in [3.8, 4) is 0 Å². The molecule has 2 fully saturated rings. The van der Waals surface area contributed by atoms with Crippen LogP contribution in [0.15, 0.2) is 0 Å². The van der Waals surface area contributed by atoms with E-state index in [1.807, 2.05) is 0 Å². The molecule has 1 heteroatoms. The minimum Gasteiger partial charge on any atom is -0.375 e. The van der Waals surface area contributed by atoms with Crippen LogP contribution < -0.4 is 0 Å². The number of hydrogen-bond acceptors (Lipinski definition) is 1. The van der Waals surface area contributed by atoms with Crippen molar-refractivity contribution >= 4 is 0 Å². The molecule has 0 N–H and O–H groups in total. The molecule has 0 spiro atoms. The highest BCUT2D eigenvalue weighted by molar-refractivity contribution is 4.97. The van der Waals surface area contributed by atoms with Gasteiger partial charge in [-0.2, -0.15) is 0 Å². The summed E-state index contributed by atoms with van der Waals surface area (Å²) in [5.41, 5.74) is 0.357. The SMILES string of the molecule is CCCCC12CCCC1CCO2. The van der Waals surface area contributed by atoms with E-state index in [1.54, 1.807) is 0 Å². The molecule has 0 radical (unpaired) electrons. The maximum absolute atomic E-state index is 5.97. The molecule has 2 unspecified atom stereocenters. The van der Waals surface area contributed by atoms with E-state index in [2.05, 4.69) is 6.92 Å². The van der Waals surface area contributed by atoms with E-state index in [-0.39, 0.29) is 0 Å². The van der Waals surface area contributed by atoms with Crippen LogP contribution in [-0.2, 0) is 4.74 Å². The quantitative estimate of drug-likeness (QED) is 0.629. The predicted molar refractivity (Wildman–Crippen MR) is 50.2 cm³/mol. The Morgan fingerprint density at radius 1 is 1.42 bits per heavy atom. The maximum Gasteiger partial charge on any atom is 0.0711 e. The van der Waals surface area contributed by atoms with E-state index in [9.17, 15) is 0 Å². The van der Waals surface area contributed by atoms with Gasteiger partial charge in [-0.3, -0.25) is 0 Å². The van der Waals surface area contributed by atoms with E-state index >= 15 is 0 Å². The molecule has 1 nitrogen and oxygen atoms in total. The lowest BCUT2D eigenvalue weighted by atomic mass is 9.86. The predicted octanol–water partition coefficient (Wildman–Crippen LogP) is 3.14. The van der Waals surface area contributed by atoms with Crippen molar-refractivity contribution in [3.05, 3.63) is 0 Å². The molecule has 0 bridgehead atoms. The van der Waals surface area contributed by atoms with E-state index in [0.29, 0.717) is 5.60 Å². The van der Waals surface area contributed by atoms with E-state index in [0.717, 1.165) is 12.5 Å². The topological polar surface area (TPSA) is 9.23 Å². The Balaban J connectivity index is 1.97. The van der Waals surface area contributed by atoms with E-state index in [1.165, 1.54) is 44.9 Å². The minimum atomic E-state index is 0.357. The Hall–Kier alpha value is -0.0400. The summed E-state index contributed by atoms with van der Waals surface area (Å²) in [5.74, 6) is 0.920. The number of unbranched alkanes of at least 4 members (excludes halogenated alkanes) is 1. The van der Waals surface area contributed by atoms with Crippen molar-refractivity contribution in [2.24, 2.45) is 5.92 Å². The van der Waals surface area contributed by atoms with Crippen LogP contribution in [0.3, 0.4) is 0 Å². The van der Waals surface area contributed by atoms with Gasteiger partial charge in [0, 0.05) is 6.61 Å². The second kappa shape index (κ2) is 3.37. The molecule has 2 aliphatic rings. The van der Waals surface area contributed by atoms with Gasteiger partial charge in [0.1, 0.15) is 0 Å². The highest BCUT2D eigenvalue weighted by atomic mass is 16.5. The van der Waals surface area contributed by atoms with Crippen LogP contribution in [0.4, 0.5) is 0 Å². The first-order chi connectivity index (χ1) is 5.87. The normalized spacial score (nSPS) is 40.2. The van der Waals surface area contributed by atoms with Gasteiger partial charge in [0.25, 0.3) is 0 Å². The van der Waals surface area contributed by atoms with Crippen LogP contribution in [0.5, 0.6) is 0 Å². The van der Waals surface area contributed by atoms with Gasteiger partial charge in [-0.05, 0) is 31.6 Å². The number of hydrogen-bond donors (Lipinski definition) is 0. The smallest absolute Gasteiger partial charge is 0.0711 e. The van der Waals surface area contributed by atoms with Crippen LogP contribution in [0.2, 0.25) is 0 Å². The fourth-order valence-corrected chi connectivity index (χ4v) is 2.99. The van der Waals surface area contributed by atoms with Crippen molar-refractivity contribution in [2.75, 3.05) is 6.61 Å². The standard InChI is InChI=1S/C11H20O/c1-2-3-7-11-8-4-5-10(11)6-9-12-11/h10H,2-9H2,1H3. The Bertz CT molecular complexity index is 143. The molecular weight excluding hydrogens is 148 g/mol. The summed E-state index contributed by atoms with van der Waals surface area (Å²) in [4.78, 5) is 0. The van der Waals surface area contributed by atoms with Gasteiger partial charge in [0.05, 0.1) is 5.60 Å². The molecule has 0 aromatic carbocycles.